The summed E-state index contributed by atoms with van der Waals surface area (Å²) in [7, 11) is 0. The van der Waals surface area contributed by atoms with Crippen LogP contribution in [0.15, 0.2) is 11.1 Å². The smallest absolute Gasteiger partial charge is 0.187 e. The van der Waals surface area contributed by atoms with Crippen molar-refractivity contribution >= 4 is 5.78 Å². The molecule has 8 heterocycles. The van der Waals surface area contributed by atoms with Crippen molar-refractivity contribution in [1.29, 1.82) is 0 Å². The maximum Gasteiger partial charge on any atom is 0.187 e. The molecule has 37 heteroatoms. The molecule has 37 nitrogen and oxygen atoms in total. The normalized spacial score (nSPS) is 54.6. The summed E-state index contributed by atoms with van der Waals surface area (Å²) in [4.78, 5) is 13.1. The largest absolute Gasteiger partial charge is 0.396 e. The summed E-state index contributed by atoms with van der Waals surface area (Å²) in [5, 5.41) is 234. The van der Waals surface area contributed by atoms with Gasteiger partial charge in [0.1, 0.15) is 165 Å². The molecule has 4 aliphatic carbocycles. The van der Waals surface area contributed by atoms with Crippen molar-refractivity contribution in [1.82, 2.24) is 0 Å². The average Bonchev–Trinajstić information content (AvgIpc) is 1.54. The maximum atomic E-state index is 13.1. The van der Waals surface area contributed by atoms with E-state index in [1.165, 1.54) is 18.1 Å². The highest BCUT2D eigenvalue weighted by Gasteiger charge is 2.73. The number of carbonyl (C=O) groups is 1. The first-order valence-corrected chi connectivity index (χ1v) is 37.5. The maximum absolute atomic E-state index is 13.1. The predicted octanol–water partition coefficient (Wildman–Crippen LogP) is -7.97. The fourth-order valence-electron chi connectivity index (χ4n) is 20.1. The Morgan fingerprint density at radius 3 is 1.49 bits per heavy atom. The standard InChI is InChI=1S/C70H114O37/c1-8-29(76)31-17-25(2)70(107-31)16-15-68(6)28-9-10-37-66(4,27(28)11-14-69(68,70)7)13-12-38(67(37,5)24-75)101-60-50(89)48(87)42(81)36(100-60)23-94-64-57(40(79)30(77)22-93-64)105-65-58(106-59-49(88)46(85)39(78)26(3)95-59)56(45(84)35(21-74)99-65)104-63-53(92)55(44(83)34(20-73)98-63)103-62-52(91)54(43(82)33(19-72)97-62)102-61-51(90)47(86)41(80)32(18-71)96-61/h25-26,30-65,71-75,77-92H,8-24H2,1-7H3. The summed E-state index contributed by atoms with van der Waals surface area (Å²) >= 11 is 0. The molecule has 0 radical (unpaired) electrons. The van der Waals surface area contributed by atoms with Crippen molar-refractivity contribution < 1.29 is 183 Å². The van der Waals surface area contributed by atoms with Crippen molar-refractivity contribution in [2.45, 2.75) is 339 Å². The third kappa shape index (κ3) is 14.6. The molecule has 8 saturated heterocycles. The van der Waals surface area contributed by atoms with Gasteiger partial charge in [0.05, 0.1) is 64.1 Å². The first kappa shape index (κ1) is 84.4. The molecule has 43 unspecified atom stereocenters. The van der Waals surface area contributed by atoms with Gasteiger partial charge < -0.3 is 178 Å². The average molecular weight is 1550 g/mol. The molecule has 107 heavy (non-hydrogen) atoms. The second kappa shape index (κ2) is 32.9. The Kier molecular flexibility index (Phi) is 26.0. The lowest BCUT2D eigenvalue weighted by atomic mass is 9.42. The van der Waals surface area contributed by atoms with Gasteiger partial charge in [-0.05, 0) is 87.4 Å². The van der Waals surface area contributed by atoms with Crippen LogP contribution in [0.1, 0.15) is 113 Å². The molecule has 0 aromatic carbocycles. The number of hydrogen-bond donors (Lipinski definition) is 21. The van der Waals surface area contributed by atoms with E-state index in [2.05, 4.69) is 27.7 Å². The Morgan fingerprint density at radius 1 is 0.449 bits per heavy atom. The Morgan fingerprint density at radius 2 is 0.925 bits per heavy atom. The molecule has 0 aromatic heterocycles. The number of Topliss-reactive ketones (excluding diaryl/α,β-unsaturated/α-hetero) is 1. The molecular weight excluding hydrogens is 1430 g/mol. The van der Waals surface area contributed by atoms with Crippen LogP contribution < -0.4 is 0 Å². The van der Waals surface area contributed by atoms with Crippen molar-refractivity contribution in [3.05, 3.63) is 11.1 Å². The Balaban J connectivity index is 0.764. The van der Waals surface area contributed by atoms with Crippen molar-refractivity contribution in [3.63, 3.8) is 0 Å². The molecule has 0 amide bonds. The molecule has 8 aliphatic heterocycles. The summed E-state index contributed by atoms with van der Waals surface area (Å²) in [6, 6.07) is 0. The minimum atomic E-state index is -2.36. The van der Waals surface area contributed by atoms with Crippen molar-refractivity contribution in [2.24, 2.45) is 33.5 Å². The highest BCUT2D eigenvalue weighted by Crippen LogP contribution is 2.75. The van der Waals surface area contributed by atoms with E-state index >= 15 is 0 Å². The van der Waals surface area contributed by atoms with Gasteiger partial charge in [-0.2, -0.15) is 0 Å². The van der Waals surface area contributed by atoms with Gasteiger partial charge in [0.2, 0.25) is 0 Å². The minimum Gasteiger partial charge on any atom is -0.396 e. The lowest BCUT2D eigenvalue weighted by Gasteiger charge is -2.63. The Hall–Kier alpha value is -2.03. The molecule has 2 saturated carbocycles. The van der Waals surface area contributed by atoms with Crippen LogP contribution >= 0.6 is 0 Å². The minimum absolute atomic E-state index is 0.128. The number of carbonyl (C=O) groups excluding carboxylic acids is 1. The van der Waals surface area contributed by atoms with Gasteiger partial charge in [0.25, 0.3) is 0 Å². The molecule has 1 spiro atoms. The summed E-state index contributed by atoms with van der Waals surface area (Å²) in [6.45, 7) is 8.47. The van der Waals surface area contributed by atoms with E-state index in [-0.39, 0.29) is 40.5 Å². The summed E-state index contributed by atoms with van der Waals surface area (Å²) in [6.07, 6.45) is -60.8. The number of aliphatic hydroxyl groups is 21. The molecule has 616 valence electrons. The number of rotatable bonds is 22. The number of aliphatic hydroxyl groups excluding tert-OH is 21. The molecular formula is C70H114O37. The van der Waals surface area contributed by atoms with Gasteiger partial charge in [-0.1, -0.05) is 52.7 Å². The van der Waals surface area contributed by atoms with E-state index in [1.54, 1.807) is 0 Å². The second-order valence-corrected chi connectivity index (χ2v) is 32.5. The van der Waals surface area contributed by atoms with Crippen molar-refractivity contribution in [2.75, 3.05) is 46.2 Å². The molecule has 12 aliphatic rings. The van der Waals surface area contributed by atoms with E-state index in [9.17, 15) is 112 Å². The van der Waals surface area contributed by atoms with Gasteiger partial charge in [-0.15, -0.1) is 0 Å². The first-order chi connectivity index (χ1) is 50.6. The van der Waals surface area contributed by atoms with E-state index in [4.69, 9.17) is 71.1 Å². The topological polar surface area (TPSA) is 580 Å². The summed E-state index contributed by atoms with van der Waals surface area (Å²) in [5.41, 5.74) is 0.571. The second-order valence-electron chi connectivity index (χ2n) is 32.5. The van der Waals surface area contributed by atoms with Crippen LogP contribution in [0.4, 0.5) is 0 Å². The van der Waals surface area contributed by atoms with E-state index in [0.29, 0.717) is 32.1 Å². The van der Waals surface area contributed by atoms with Gasteiger partial charge in [-0.3, -0.25) is 4.79 Å². The van der Waals surface area contributed by atoms with Crippen LogP contribution in [0.25, 0.3) is 0 Å². The lowest BCUT2D eigenvalue weighted by Crippen LogP contribution is -2.69. The monoisotopic (exact) mass is 1550 g/mol. The number of fused-ring (bicyclic) bond motifs is 5. The molecule has 0 bridgehead atoms. The number of allylic oxidation sites excluding steroid dienone is 2. The van der Waals surface area contributed by atoms with Gasteiger partial charge >= 0.3 is 0 Å². The Labute approximate surface area is 617 Å². The van der Waals surface area contributed by atoms with E-state index in [0.717, 1.165) is 32.1 Å². The summed E-state index contributed by atoms with van der Waals surface area (Å²) in [5.74, 6) is 0.182. The van der Waals surface area contributed by atoms with Gasteiger partial charge in [0, 0.05) is 17.3 Å². The molecule has 0 aromatic rings. The zero-order chi connectivity index (χ0) is 77.8. The van der Waals surface area contributed by atoms with Crippen LogP contribution in [0.2, 0.25) is 0 Å². The third-order valence-corrected chi connectivity index (χ3v) is 26.8. The van der Waals surface area contributed by atoms with Crippen LogP contribution in [-0.4, -0.2) is 386 Å². The zero-order valence-electron chi connectivity index (χ0n) is 60.9. The molecule has 12 rings (SSSR count). The number of ketones is 1. The van der Waals surface area contributed by atoms with Crippen LogP contribution in [0.5, 0.6) is 0 Å². The van der Waals surface area contributed by atoms with Gasteiger partial charge in [-0.25, -0.2) is 0 Å². The SMILES string of the molecule is CCC(=O)C1CC(C)C2(CCC3(C)C4=C(CCC32C)C2(C)CCC(OC3OC(COC5OCC(O)C(O)C5OC5OC(CO)C(O)C(OC6OC(CO)C(O)C(OC7OC(CO)C(O)C(OC8OC(CO)C(O)C(O)C8O)C7O)C6O)C5OC5OC(C)C(O)C(O)C5O)C(O)C(O)C3O)C(C)(CO)C2CC4)O1. The highest BCUT2D eigenvalue weighted by molar-refractivity contribution is 5.83. The fourth-order valence-corrected chi connectivity index (χ4v) is 20.1. The van der Waals surface area contributed by atoms with Crippen LogP contribution in [0, 0.1) is 33.5 Å². The van der Waals surface area contributed by atoms with E-state index < -0.39 is 272 Å². The van der Waals surface area contributed by atoms with Gasteiger partial charge in [0.15, 0.2) is 49.8 Å². The lowest BCUT2D eigenvalue weighted by molar-refractivity contribution is -0.412. The third-order valence-electron chi connectivity index (χ3n) is 26.8. The van der Waals surface area contributed by atoms with Crippen LogP contribution in [0.3, 0.4) is 0 Å². The fraction of sp³-hybridized carbons (Fsp3) is 0.957. The highest BCUT2D eigenvalue weighted by atomic mass is 16.8. The van der Waals surface area contributed by atoms with E-state index in [1.807, 2.05) is 13.8 Å². The predicted molar refractivity (Wildman–Crippen MR) is 351 cm³/mol. The first-order valence-electron chi connectivity index (χ1n) is 37.5. The van der Waals surface area contributed by atoms with Crippen LogP contribution in [-0.2, 0) is 75.8 Å². The zero-order valence-corrected chi connectivity index (χ0v) is 60.9. The quantitative estimate of drug-likeness (QED) is 0.0448. The molecule has 10 fully saturated rings. The molecule has 43 atom stereocenters. The summed E-state index contributed by atoms with van der Waals surface area (Å²) < 4.78 is 91.1. The Bertz CT molecular complexity index is 3020. The number of ether oxygens (including phenoxy) is 15. The van der Waals surface area contributed by atoms with Crippen molar-refractivity contribution in [3.8, 4) is 0 Å². The number of hydrogen-bond acceptors (Lipinski definition) is 37. The molecule has 21 N–H and O–H groups in total.